The zero-order chi connectivity index (χ0) is 27.2. The lowest BCUT2D eigenvalue weighted by Crippen LogP contribution is -2.54. The second-order valence-electron chi connectivity index (χ2n) is 11.6. The Morgan fingerprint density at radius 2 is 1.35 bits per heavy atom. The van der Waals surface area contributed by atoms with Crippen LogP contribution in [0.15, 0.2) is 24.3 Å². The average molecular weight is 553 g/mol. The molecule has 1 amide bonds. The Hall–Kier alpha value is -1.22. The molecule has 8 heteroatoms. The molecule has 0 unspecified atom stereocenters. The van der Waals surface area contributed by atoms with Crippen LogP contribution < -0.4 is 5.48 Å². The van der Waals surface area contributed by atoms with Crippen molar-refractivity contribution >= 4 is 24.2 Å². The highest BCUT2D eigenvalue weighted by Crippen LogP contribution is 2.27. The molecular formula is C29H52N2O4SSi. The van der Waals surface area contributed by atoms with Gasteiger partial charge in [-0.15, -0.1) is 0 Å². The molecule has 1 atom stereocenters. The molecule has 0 saturated heterocycles. The number of sulfonamides is 1. The van der Waals surface area contributed by atoms with Crippen molar-refractivity contribution in [1.82, 2.24) is 9.79 Å². The number of amides is 1. The highest BCUT2D eigenvalue weighted by Gasteiger charge is 2.39. The third-order valence-electron chi connectivity index (χ3n) is 7.08. The lowest BCUT2D eigenvalue weighted by atomic mass is 9.95. The fourth-order valence-corrected chi connectivity index (χ4v) is 6.99. The van der Waals surface area contributed by atoms with Gasteiger partial charge < -0.3 is 4.53 Å². The summed E-state index contributed by atoms with van der Waals surface area (Å²) >= 11 is 0. The van der Waals surface area contributed by atoms with Gasteiger partial charge in [0.1, 0.15) is 6.04 Å². The topological polar surface area (TPSA) is 75.7 Å². The van der Waals surface area contributed by atoms with Crippen molar-refractivity contribution in [3.8, 4) is 0 Å². The second kappa shape index (κ2) is 16.7. The van der Waals surface area contributed by atoms with Crippen molar-refractivity contribution in [2.45, 2.75) is 135 Å². The van der Waals surface area contributed by atoms with Gasteiger partial charge >= 0.3 is 0 Å². The molecule has 1 heterocycles. The van der Waals surface area contributed by atoms with Crippen molar-refractivity contribution < 1.29 is 17.7 Å². The van der Waals surface area contributed by atoms with E-state index in [2.05, 4.69) is 12.4 Å². The summed E-state index contributed by atoms with van der Waals surface area (Å²) in [5, 5.41) is 0. The van der Waals surface area contributed by atoms with Crippen LogP contribution in [0.4, 0.5) is 0 Å². The van der Waals surface area contributed by atoms with Crippen LogP contribution in [-0.4, -0.2) is 38.7 Å². The van der Waals surface area contributed by atoms with Gasteiger partial charge in [0.15, 0.2) is 0 Å². The normalized spacial score (nSPS) is 16.5. The highest BCUT2D eigenvalue weighted by molar-refractivity contribution is 7.89. The van der Waals surface area contributed by atoms with Gasteiger partial charge in [0.25, 0.3) is 5.91 Å². The first kappa shape index (κ1) is 32.0. The maximum Gasteiger partial charge on any atom is 0.261 e. The summed E-state index contributed by atoms with van der Waals surface area (Å²) in [5.74, 6) is -0.285. The SMILES string of the molecule is CCCCCCCCCCCCCCCCS(=O)(=O)N1Cc2ccccc2C[C@@H]1C(=O)NO[Si](C)(C)C. The summed E-state index contributed by atoms with van der Waals surface area (Å²) in [6, 6.07) is 7.02. The van der Waals surface area contributed by atoms with E-state index >= 15 is 0 Å². The Kier molecular flexibility index (Phi) is 14.4. The Morgan fingerprint density at radius 1 is 0.865 bits per heavy atom. The quantitative estimate of drug-likeness (QED) is 0.113. The van der Waals surface area contributed by atoms with Crippen LogP contribution in [0.3, 0.4) is 0 Å². The second-order valence-corrected chi connectivity index (χ2v) is 18.1. The van der Waals surface area contributed by atoms with E-state index in [-0.39, 0.29) is 18.2 Å². The van der Waals surface area contributed by atoms with E-state index in [1.807, 2.05) is 43.9 Å². The summed E-state index contributed by atoms with van der Waals surface area (Å²) in [6.07, 6.45) is 17.6. The number of nitrogens with zero attached hydrogens (tertiary/aromatic N) is 1. The molecule has 1 aromatic carbocycles. The van der Waals surface area contributed by atoms with Crippen molar-refractivity contribution in [2.75, 3.05) is 5.75 Å². The summed E-state index contributed by atoms with van der Waals surface area (Å²) in [5.41, 5.74) is 4.56. The Labute approximate surface area is 228 Å². The van der Waals surface area contributed by atoms with E-state index in [0.717, 1.165) is 24.0 Å². The molecule has 212 valence electrons. The molecule has 0 aliphatic carbocycles. The van der Waals surface area contributed by atoms with Crippen LogP contribution in [0.5, 0.6) is 0 Å². The number of benzene rings is 1. The molecule has 2 rings (SSSR count). The van der Waals surface area contributed by atoms with Crippen molar-refractivity contribution in [3.05, 3.63) is 35.4 Å². The molecule has 1 aliphatic heterocycles. The lowest BCUT2D eigenvalue weighted by Gasteiger charge is -2.35. The Balaban J connectivity index is 1.73. The molecule has 0 saturated carbocycles. The number of hydroxylamine groups is 1. The van der Waals surface area contributed by atoms with Gasteiger partial charge in [-0.3, -0.25) is 4.79 Å². The summed E-state index contributed by atoms with van der Waals surface area (Å²) < 4.78 is 33.7. The minimum absolute atomic E-state index is 0.0891. The number of hydrogen-bond acceptors (Lipinski definition) is 4. The predicted octanol–water partition coefficient (Wildman–Crippen LogP) is 7.11. The third-order valence-corrected chi connectivity index (χ3v) is 9.70. The Bertz CT molecular complexity index is 901. The lowest BCUT2D eigenvalue weighted by molar-refractivity contribution is -0.132. The van der Waals surface area contributed by atoms with Gasteiger partial charge in [0.2, 0.25) is 18.3 Å². The molecule has 37 heavy (non-hydrogen) atoms. The van der Waals surface area contributed by atoms with Crippen LogP contribution in [0, 0.1) is 0 Å². The molecule has 0 spiro atoms. The van der Waals surface area contributed by atoms with Crippen LogP contribution >= 0.6 is 0 Å². The van der Waals surface area contributed by atoms with Gasteiger partial charge in [-0.1, -0.05) is 115 Å². The molecule has 6 nitrogen and oxygen atoms in total. The highest BCUT2D eigenvalue weighted by atomic mass is 32.2. The molecule has 0 radical (unpaired) electrons. The van der Waals surface area contributed by atoms with Gasteiger partial charge in [-0.2, -0.15) is 4.31 Å². The number of carbonyl (C=O) groups is 1. The zero-order valence-electron chi connectivity index (χ0n) is 23.9. The first-order valence-corrected chi connectivity index (χ1v) is 19.7. The predicted molar refractivity (Wildman–Crippen MR) is 156 cm³/mol. The van der Waals surface area contributed by atoms with Crippen molar-refractivity contribution in [1.29, 1.82) is 0 Å². The monoisotopic (exact) mass is 552 g/mol. The number of unbranched alkanes of at least 4 members (excludes halogenated alkanes) is 13. The number of hydrogen-bond donors (Lipinski definition) is 1. The number of rotatable bonds is 19. The smallest absolute Gasteiger partial charge is 0.261 e. The van der Waals surface area contributed by atoms with E-state index < -0.39 is 24.4 Å². The first-order chi connectivity index (χ1) is 17.6. The summed E-state index contributed by atoms with van der Waals surface area (Å²) in [7, 11) is -5.54. The fraction of sp³-hybridized carbons (Fsp3) is 0.759. The third kappa shape index (κ3) is 12.5. The molecule has 1 aromatic rings. The summed E-state index contributed by atoms with van der Waals surface area (Å²) in [6.45, 7) is 8.44. The maximum atomic E-state index is 13.3. The van der Waals surface area contributed by atoms with Gasteiger partial charge in [0, 0.05) is 6.54 Å². The number of fused-ring (bicyclic) bond motifs is 1. The molecule has 0 aromatic heterocycles. The van der Waals surface area contributed by atoms with E-state index in [0.29, 0.717) is 12.8 Å². The molecule has 1 aliphatic rings. The van der Waals surface area contributed by atoms with Crippen LogP contribution in [0.25, 0.3) is 0 Å². The van der Waals surface area contributed by atoms with Crippen molar-refractivity contribution in [3.63, 3.8) is 0 Å². The fourth-order valence-electron chi connectivity index (χ4n) is 4.88. The van der Waals surface area contributed by atoms with E-state index in [1.165, 1.54) is 74.9 Å². The minimum atomic E-state index is -3.56. The van der Waals surface area contributed by atoms with Gasteiger partial charge in [-0.25, -0.2) is 13.9 Å². The van der Waals surface area contributed by atoms with E-state index in [1.54, 1.807) is 0 Å². The molecular weight excluding hydrogens is 500 g/mol. The average Bonchev–Trinajstić information content (AvgIpc) is 2.86. The van der Waals surface area contributed by atoms with Gasteiger partial charge in [0.05, 0.1) is 5.75 Å². The zero-order valence-corrected chi connectivity index (χ0v) is 25.7. The van der Waals surface area contributed by atoms with Crippen molar-refractivity contribution in [2.24, 2.45) is 0 Å². The standard InChI is InChI=1S/C29H52N2O4SSi/c1-5-6-7-8-9-10-11-12-13-14-15-16-17-20-23-36(33,34)31-25-27-22-19-18-21-26(27)24-28(31)29(32)30-35-37(2,3)4/h18-19,21-22,28H,5-17,20,23-25H2,1-4H3,(H,30,32)/t28-/m1/s1. The molecule has 0 bridgehead atoms. The van der Waals surface area contributed by atoms with Crippen LogP contribution in [-0.2, 0) is 32.3 Å². The van der Waals surface area contributed by atoms with E-state index in [4.69, 9.17) is 4.53 Å². The largest absolute Gasteiger partial charge is 0.320 e. The summed E-state index contributed by atoms with van der Waals surface area (Å²) in [4.78, 5) is 13.0. The Morgan fingerprint density at radius 3 is 1.86 bits per heavy atom. The molecule has 0 fully saturated rings. The minimum Gasteiger partial charge on any atom is -0.320 e. The van der Waals surface area contributed by atoms with Crippen LogP contribution in [0.1, 0.15) is 108 Å². The van der Waals surface area contributed by atoms with Crippen LogP contribution in [0.2, 0.25) is 19.6 Å². The van der Waals surface area contributed by atoms with E-state index in [9.17, 15) is 13.2 Å². The number of nitrogens with one attached hydrogen (secondary N) is 1. The first-order valence-electron chi connectivity index (χ1n) is 14.7. The maximum absolute atomic E-state index is 13.3. The van der Waals surface area contributed by atoms with Gasteiger partial charge in [-0.05, 0) is 43.6 Å². The molecule has 1 N–H and O–H groups in total. The number of carbonyl (C=O) groups excluding carboxylic acids is 1.